The average Bonchev–Trinajstić information content (AvgIpc) is 2.66. The molecule has 144 valence electrons. The largest absolute Gasteiger partial charge is 0.482 e. The smallest absolute Gasteiger partial charge is 0.373 e. The Kier molecular flexibility index (Phi) is 8.08. The summed E-state index contributed by atoms with van der Waals surface area (Å²) in [4.78, 5) is 12.7. The summed E-state index contributed by atoms with van der Waals surface area (Å²) >= 11 is 0. The Bertz CT molecular complexity index is 723. The van der Waals surface area contributed by atoms with Gasteiger partial charge >= 0.3 is 5.97 Å². The third-order valence-electron chi connectivity index (χ3n) is 4.52. The van der Waals surface area contributed by atoms with Crippen LogP contribution in [0.4, 0.5) is 0 Å². The second-order valence-corrected chi connectivity index (χ2v) is 6.62. The van der Waals surface area contributed by atoms with Crippen LogP contribution in [0.5, 0.6) is 0 Å². The van der Waals surface area contributed by atoms with E-state index in [9.17, 15) is 9.90 Å². The van der Waals surface area contributed by atoms with Gasteiger partial charge in [0.15, 0.2) is 0 Å². The summed E-state index contributed by atoms with van der Waals surface area (Å²) < 4.78 is 11.4. The van der Waals surface area contributed by atoms with Crippen molar-refractivity contribution in [3.63, 3.8) is 0 Å². The Morgan fingerprint density at radius 2 is 1.63 bits per heavy atom. The van der Waals surface area contributed by atoms with E-state index in [2.05, 4.69) is 0 Å². The molecule has 2 rings (SSSR count). The van der Waals surface area contributed by atoms with Crippen molar-refractivity contribution in [1.82, 2.24) is 0 Å². The average molecular weight is 368 g/mol. The van der Waals surface area contributed by atoms with Crippen LogP contribution < -0.4 is 0 Å². The molecule has 0 saturated heterocycles. The highest BCUT2D eigenvalue weighted by Crippen LogP contribution is 2.20. The van der Waals surface area contributed by atoms with E-state index in [0.29, 0.717) is 6.42 Å². The minimum Gasteiger partial charge on any atom is -0.482 e. The maximum absolute atomic E-state index is 12.7. The van der Waals surface area contributed by atoms with Gasteiger partial charge in [0.05, 0.1) is 6.10 Å². The minimum atomic E-state index is -0.551. The quantitative estimate of drug-likeness (QED) is 0.400. The third-order valence-corrected chi connectivity index (χ3v) is 4.52. The van der Waals surface area contributed by atoms with Crippen molar-refractivity contribution >= 4 is 12.0 Å². The second kappa shape index (κ2) is 10.5. The van der Waals surface area contributed by atoms with Crippen molar-refractivity contribution in [1.29, 1.82) is 0 Å². The summed E-state index contributed by atoms with van der Waals surface area (Å²) in [7, 11) is 0. The van der Waals surface area contributed by atoms with E-state index in [1.165, 1.54) is 0 Å². The van der Waals surface area contributed by atoms with E-state index in [4.69, 9.17) is 9.47 Å². The highest BCUT2D eigenvalue weighted by molar-refractivity contribution is 5.91. The molecule has 27 heavy (non-hydrogen) atoms. The number of carbonyl (C=O) groups is 1. The Morgan fingerprint density at radius 1 is 1.04 bits per heavy atom. The number of hydrogen-bond donors (Lipinski definition) is 1. The van der Waals surface area contributed by atoms with Crippen LogP contribution in [0.25, 0.3) is 6.08 Å². The fourth-order valence-corrected chi connectivity index (χ4v) is 2.98. The van der Waals surface area contributed by atoms with E-state index in [0.717, 1.165) is 11.1 Å². The SMILES string of the molecule is CCC([C@H](C)O)[C@@H](C)OC(=O)C(=Cc1ccccc1)OCc1ccccc1. The zero-order valence-electron chi connectivity index (χ0n) is 16.2. The van der Waals surface area contributed by atoms with Crippen LogP contribution in [0.15, 0.2) is 66.4 Å². The molecular weight excluding hydrogens is 340 g/mol. The molecule has 0 amide bonds. The van der Waals surface area contributed by atoms with Crippen molar-refractivity contribution in [3.8, 4) is 0 Å². The maximum atomic E-state index is 12.7. The Morgan fingerprint density at radius 3 is 2.19 bits per heavy atom. The molecule has 1 unspecified atom stereocenters. The molecule has 0 aliphatic rings. The molecular formula is C23H28O4. The molecule has 0 saturated carbocycles. The van der Waals surface area contributed by atoms with Gasteiger partial charge in [0, 0.05) is 5.92 Å². The van der Waals surface area contributed by atoms with Crippen LogP contribution in [0.3, 0.4) is 0 Å². The number of aliphatic hydroxyl groups is 1. The third kappa shape index (κ3) is 6.57. The monoisotopic (exact) mass is 368 g/mol. The van der Waals surface area contributed by atoms with Crippen LogP contribution in [0.2, 0.25) is 0 Å². The topological polar surface area (TPSA) is 55.8 Å². The first kappa shape index (κ1) is 20.7. The Balaban J connectivity index is 2.15. The van der Waals surface area contributed by atoms with E-state index in [-0.39, 0.29) is 18.3 Å². The normalized spacial score (nSPS) is 14.9. The number of esters is 1. The first-order valence-corrected chi connectivity index (χ1v) is 9.33. The van der Waals surface area contributed by atoms with Gasteiger partial charge in [-0.25, -0.2) is 4.79 Å². The Hall–Kier alpha value is -2.59. The standard InChI is InChI=1S/C23H28O4/c1-4-21(17(2)24)18(3)27-23(25)22(15-19-11-7-5-8-12-19)26-16-20-13-9-6-10-14-20/h5-15,17-18,21,24H,4,16H2,1-3H3/t17-,18+,21?/m0/s1. The van der Waals surface area contributed by atoms with E-state index in [1.54, 1.807) is 19.9 Å². The molecule has 3 atom stereocenters. The van der Waals surface area contributed by atoms with Crippen molar-refractivity contribution in [2.24, 2.45) is 5.92 Å². The van der Waals surface area contributed by atoms with Gasteiger partial charge < -0.3 is 14.6 Å². The van der Waals surface area contributed by atoms with Gasteiger partial charge in [0.25, 0.3) is 0 Å². The molecule has 2 aromatic rings. The van der Waals surface area contributed by atoms with Crippen molar-refractivity contribution < 1.29 is 19.4 Å². The van der Waals surface area contributed by atoms with Crippen LogP contribution in [0, 0.1) is 5.92 Å². The molecule has 0 spiro atoms. The van der Waals surface area contributed by atoms with Gasteiger partial charge in [0.2, 0.25) is 5.76 Å². The first-order chi connectivity index (χ1) is 13.0. The second-order valence-electron chi connectivity index (χ2n) is 6.62. The van der Waals surface area contributed by atoms with Gasteiger partial charge in [-0.3, -0.25) is 0 Å². The van der Waals surface area contributed by atoms with E-state index < -0.39 is 18.2 Å². The first-order valence-electron chi connectivity index (χ1n) is 9.33. The summed E-state index contributed by atoms with van der Waals surface area (Å²) in [6, 6.07) is 19.2. The number of benzene rings is 2. The van der Waals surface area contributed by atoms with Gasteiger partial charge in [0.1, 0.15) is 12.7 Å². The number of ether oxygens (including phenoxy) is 2. The van der Waals surface area contributed by atoms with E-state index >= 15 is 0 Å². The number of carbonyl (C=O) groups excluding carboxylic acids is 1. The summed E-state index contributed by atoms with van der Waals surface area (Å²) in [5, 5.41) is 9.88. The van der Waals surface area contributed by atoms with Crippen LogP contribution in [0.1, 0.15) is 38.3 Å². The fraction of sp³-hybridized carbons (Fsp3) is 0.348. The summed E-state index contributed by atoms with van der Waals surface area (Å²) in [5.41, 5.74) is 1.82. The molecule has 0 heterocycles. The van der Waals surface area contributed by atoms with Gasteiger partial charge in [-0.1, -0.05) is 67.6 Å². The molecule has 1 N–H and O–H groups in total. The highest BCUT2D eigenvalue weighted by atomic mass is 16.6. The molecule has 4 nitrogen and oxygen atoms in total. The summed E-state index contributed by atoms with van der Waals surface area (Å²) in [6.45, 7) is 5.76. The van der Waals surface area contributed by atoms with Crippen molar-refractivity contribution in [2.45, 2.75) is 46.0 Å². The number of aliphatic hydroxyl groups excluding tert-OH is 1. The van der Waals surface area contributed by atoms with E-state index in [1.807, 2.05) is 67.6 Å². The number of hydrogen-bond acceptors (Lipinski definition) is 4. The van der Waals surface area contributed by atoms with Crippen LogP contribution in [-0.2, 0) is 20.9 Å². The lowest BCUT2D eigenvalue weighted by molar-refractivity contribution is -0.152. The van der Waals surface area contributed by atoms with Crippen molar-refractivity contribution in [2.75, 3.05) is 0 Å². The molecule has 0 aliphatic heterocycles. The lowest BCUT2D eigenvalue weighted by atomic mass is 9.95. The van der Waals surface area contributed by atoms with Gasteiger partial charge in [-0.15, -0.1) is 0 Å². The lowest BCUT2D eigenvalue weighted by Crippen LogP contribution is -2.32. The minimum absolute atomic E-state index is 0.124. The molecule has 0 aromatic heterocycles. The molecule has 2 aromatic carbocycles. The molecule has 4 heteroatoms. The lowest BCUT2D eigenvalue weighted by Gasteiger charge is -2.25. The summed E-state index contributed by atoms with van der Waals surface area (Å²) in [6.07, 6.45) is 1.43. The Labute approximate surface area is 161 Å². The molecule has 0 bridgehead atoms. The summed E-state index contributed by atoms with van der Waals surface area (Å²) in [5.74, 6) is -0.500. The fourth-order valence-electron chi connectivity index (χ4n) is 2.98. The predicted octanol–water partition coefficient (Wildman–Crippen LogP) is 4.58. The van der Waals surface area contributed by atoms with Crippen molar-refractivity contribution in [3.05, 3.63) is 77.5 Å². The van der Waals surface area contributed by atoms with Gasteiger partial charge in [-0.2, -0.15) is 0 Å². The van der Waals surface area contributed by atoms with Gasteiger partial charge in [-0.05, 0) is 37.5 Å². The van der Waals surface area contributed by atoms with Crippen LogP contribution in [-0.4, -0.2) is 23.3 Å². The number of rotatable bonds is 9. The zero-order valence-corrected chi connectivity index (χ0v) is 16.2. The molecule has 0 radical (unpaired) electrons. The zero-order chi connectivity index (χ0) is 19.6. The highest BCUT2D eigenvalue weighted by Gasteiger charge is 2.25. The molecule has 0 aliphatic carbocycles. The van der Waals surface area contributed by atoms with Crippen LogP contribution >= 0.6 is 0 Å². The maximum Gasteiger partial charge on any atom is 0.373 e. The predicted molar refractivity (Wildman–Crippen MR) is 107 cm³/mol. The molecule has 0 fully saturated rings.